The molecule has 0 saturated heterocycles. The Morgan fingerprint density at radius 1 is 1.80 bits per heavy atom. The summed E-state index contributed by atoms with van der Waals surface area (Å²) in [6.07, 6.45) is -1.24. The number of nitrogens with zero attached hydrogens (tertiary/aromatic N) is 1. The van der Waals surface area contributed by atoms with Crippen LogP contribution in [-0.4, -0.2) is 35.1 Å². The number of rotatable bonds is 2. The summed E-state index contributed by atoms with van der Waals surface area (Å²) in [5.41, 5.74) is 10.0. The van der Waals surface area contributed by atoms with Gasteiger partial charge in [-0.2, -0.15) is 0 Å². The summed E-state index contributed by atoms with van der Waals surface area (Å²) in [7, 11) is 1.33. The minimum atomic E-state index is -1.24. The van der Waals surface area contributed by atoms with Gasteiger partial charge in [0, 0.05) is 7.05 Å². The molecule has 1 unspecified atom stereocenters. The van der Waals surface area contributed by atoms with Gasteiger partial charge in [0.15, 0.2) is 12.1 Å². The summed E-state index contributed by atoms with van der Waals surface area (Å²) in [4.78, 5) is 11.1. The zero-order valence-corrected chi connectivity index (χ0v) is 5.53. The lowest BCUT2D eigenvalue weighted by atomic mass is 10.5. The molecule has 0 aliphatic carbocycles. The first-order chi connectivity index (χ1) is 4.46. The van der Waals surface area contributed by atoms with Crippen molar-refractivity contribution in [2.24, 2.45) is 11.5 Å². The topological polar surface area (TPSA) is 116 Å². The summed E-state index contributed by atoms with van der Waals surface area (Å²) < 4.78 is 0. The third kappa shape index (κ3) is 1.90. The predicted octanol–water partition coefficient (Wildman–Crippen LogP) is -1.82. The van der Waals surface area contributed by atoms with Crippen molar-refractivity contribution >= 4 is 11.9 Å². The SMILES string of the molecule is CN(C(=N)N)C(N)C(=O)O. The van der Waals surface area contributed by atoms with Crippen molar-refractivity contribution in [2.45, 2.75) is 6.17 Å². The Bertz CT molecular complexity index is 139. The average Bonchev–Trinajstić information content (AvgIpc) is 1.84. The van der Waals surface area contributed by atoms with E-state index in [9.17, 15) is 4.79 Å². The van der Waals surface area contributed by atoms with Gasteiger partial charge in [0.25, 0.3) is 0 Å². The van der Waals surface area contributed by atoms with Crippen molar-refractivity contribution in [1.29, 1.82) is 5.41 Å². The number of guanidine groups is 1. The second kappa shape index (κ2) is 3.02. The van der Waals surface area contributed by atoms with E-state index in [-0.39, 0.29) is 5.96 Å². The Morgan fingerprint density at radius 3 is 2.30 bits per heavy atom. The van der Waals surface area contributed by atoms with Crippen LogP contribution >= 0.6 is 0 Å². The first kappa shape index (κ1) is 8.70. The molecule has 0 bridgehead atoms. The molecule has 6 N–H and O–H groups in total. The Morgan fingerprint density at radius 2 is 2.20 bits per heavy atom. The molecule has 0 aliphatic heterocycles. The molecule has 0 rings (SSSR count). The number of aliphatic carboxylic acids is 1. The fourth-order valence-corrected chi connectivity index (χ4v) is 0.316. The van der Waals surface area contributed by atoms with E-state index in [0.29, 0.717) is 0 Å². The Hall–Kier alpha value is -1.30. The fraction of sp³-hybridized carbons (Fsp3) is 0.500. The van der Waals surface area contributed by atoms with Crippen LogP contribution in [0.1, 0.15) is 0 Å². The van der Waals surface area contributed by atoms with Crippen LogP contribution in [0.25, 0.3) is 0 Å². The second-order valence-electron chi connectivity index (χ2n) is 1.78. The van der Waals surface area contributed by atoms with Gasteiger partial charge in [0.05, 0.1) is 0 Å². The number of likely N-dealkylation sites (N-methyl/N-ethyl adjacent to an activating group) is 1. The lowest BCUT2D eigenvalue weighted by Crippen LogP contribution is -2.50. The molecular formula is C4H10N4O2. The van der Waals surface area contributed by atoms with Gasteiger partial charge < -0.3 is 21.5 Å². The van der Waals surface area contributed by atoms with Crippen LogP contribution in [0.4, 0.5) is 0 Å². The minimum Gasteiger partial charge on any atom is -0.479 e. The van der Waals surface area contributed by atoms with Gasteiger partial charge in [-0.25, -0.2) is 4.79 Å². The zero-order chi connectivity index (χ0) is 8.31. The predicted molar refractivity (Wildman–Crippen MR) is 35.3 cm³/mol. The highest BCUT2D eigenvalue weighted by molar-refractivity contribution is 5.82. The van der Waals surface area contributed by atoms with Crippen LogP contribution in [0.3, 0.4) is 0 Å². The van der Waals surface area contributed by atoms with Crippen molar-refractivity contribution in [2.75, 3.05) is 7.05 Å². The van der Waals surface area contributed by atoms with Crippen LogP contribution in [-0.2, 0) is 4.79 Å². The fourth-order valence-electron chi connectivity index (χ4n) is 0.316. The molecule has 0 saturated carbocycles. The largest absolute Gasteiger partial charge is 0.479 e. The quantitative estimate of drug-likeness (QED) is 0.208. The lowest BCUT2D eigenvalue weighted by Gasteiger charge is -2.20. The number of hydrogen-bond acceptors (Lipinski definition) is 3. The molecular weight excluding hydrogens is 136 g/mol. The van der Waals surface area contributed by atoms with E-state index in [2.05, 4.69) is 0 Å². The molecule has 1 atom stereocenters. The Kier molecular flexibility index (Phi) is 2.63. The molecule has 0 spiro atoms. The maximum atomic E-state index is 10.1. The Labute approximate surface area is 57.9 Å². The minimum absolute atomic E-state index is 0.366. The third-order valence-corrected chi connectivity index (χ3v) is 1.05. The summed E-state index contributed by atoms with van der Waals surface area (Å²) >= 11 is 0. The van der Waals surface area contributed by atoms with Crippen molar-refractivity contribution < 1.29 is 9.90 Å². The van der Waals surface area contributed by atoms with Crippen molar-refractivity contribution in [3.63, 3.8) is 0 Å². The summed E-state index contributed by atoms with van der Waals surface area (Å²) in [5.74, 6) is -1.58. The number of carboxylic acids is 1. The molecule has 0 aromatic rings. The number of carboxylic acid groups (broad SMARTS) is 1. The third-order valence-electron chi connectivity index (χ3n) is 1.05. The van der Waals surface area contributed by atoms with E-state index in [1.54, 1.807) is 0 Å². The van der Waals surface area contributed by atoms with E-state index in [4.69, 9.17) is 22.0 Å². The number of hydrogen-bond donors (Lipinski definition) is 4. The summed E-state index contributed by atoms with van der Waals surface area (Å²) in [6.45, 7) is 0. The highest BCUT2D eigenvalue weighted by atomic mass is 16.4. The normalized spacial score (nSPS) is 12.2. The molecule has 0 heterocycles. The molecule has 10 heavy (non-hydrogen) atoms. The van der Waals surface area contributed by atoms with E-state index in [0.717, 1.165) is 4.90 Å². The van der Waals surface area contributed by atoms with Crippen LogP contribution in [0, 0.1) is 5.41 Å². The first-order valence-electron chi connectivity index (χ1n) is 2.52. The maximum absolute atomic E-state index is 10.1. The molecule has 6 heteroatoms. The molecule has 0 radical (unpaired) electrons. The zero-order valence-electron chi connectivity index (χ0n) is 5.53. The van der Waals surface area contributed by atoms with Gasteiger partial charge in [-0.3, -0.25) is 5.41 Å². The summed E-state index contributed by atoms with van der Waals surface area (Å²) in [6, 6.07) is 0. The van der Waals surface area contributed by atoms with Crippen LogP contribution in [0.2, 0.25) is 0 Å². The van der Waals surface area contributed by atoms with Gasteiger partial charge in [0.1, 0.15) is 0 Å². The van der Waals surface area contributed by atoms with Gasteiger partial charge in [0.2, 0.25) is 0 Å². The number of carbonyl (C=O) groups is 1. The van der Waals surface area contributed by atoms with Crippen LogP contribution in [0.5, 0.6) is 0 Å². The maximum Gasteiger partial charge on any atom is 0.341 e. The average molecular weight is 146 g/mol. The molecule has 0 aromatic carbocycles. The van der Waals surface area contributed by atoms with E-state index >= 15 is 0 Å². The van der Waals surface area contributed by atoms with Crippen LogP contribution in [0.15, 0.2) is 0 Å². The van der Waals surface area contributed by atoms with Gasteiger partial charge in [-0.05, 0) is 0 Å². The van der Waals surface area contributed by atoms with E-state index in [1.165, 1.54) is 7.05 Å². The number of nitrogens with one attached hydrogen (secondary N) is 1. The molecule has 6 nitrogen and oxygen atoms in total. The highest BCUT2D eigenvalue weighted by Gasteiger charge is 2.17. The van der Waals surface area contributed by atoms with Gasteiger partial charge in [-0.15, -0.1) is 0 Å². The van der Waals surface area contributed by atoms with E-state index in [1.807, 2.05) is 0 Å². The first-order valence-corrected chi connectivity index (χ1v) is 2.52. The molecule has 58 valence electrons. The lowest BCUT2D eigenvalue weighted by molar-refractivity contribution is -0.141. The van der Waals surface area contributed by atoms with Crippen molar-refractivity contribution in [3.8, 4) is 0 Å². The second-order valence-corrected chi connectivity index (χ2v) is 1.78. The molecule has 0 aromatic heterocycles. The van der Waals surface area contributed by atoms with Crippen LogP contribution < -0.4 is 11.5 Å². The molecule has 0 amide bonds. The molecule has 0 aliphatic rings. The Balaban J connectivity index is 4.07. The number of nitrogens with two attached hydrogens (primary N) is 2. The smallest absolute Gasteiger partial charge is 0.341 e. The van der Waals surface area contributed by atoms with Crippen molar-refractivity contribution in [1.82, 2.24) is 4.90 Å². The summed E-state index contributed by atoms with van der Waals surface area (Å²) in [5, 5.41) is 15.1. The standard InChI is InChI=1S/C4H10N4O2/c1-8(4(6)7)2(5)3(9)10/h2H,5H2,1H3,(H3,6,7)(H,9,10). The molecule has 0 fully saturated rings. The van der Waals surface area contributed by atoms with Gasteiger partial charge in [-0.1, -0.05) is 0 Å². The van der Waals surface area contributed by atoms with E-state index < -0.39 is 12.1 Å². The van der Waals surface area contributed by atoms with Crippen molar-refractivity contribution in [3.05, 3.63) is 0 Å². The highest BCUT2D eigenvalue weighted by Crippen LogP contribution is 1.85. The van der Waals surface area contributed by atoms with Gasteiger partial charge >= 0.3 is 5.97 Å². The monoisotopic (exact) mass is 146 g/mol.